The molecular weight excluding hydrogens is 246 g/mol. The Hall–Kier alpha value is -1.09. The molecule has 1 atom stereocenters. The predicted octanol–water partition coefficient (Wildman–Crippen LogP) is 3.61. The normalized spacial score (nSPS) is 20.2. The van der Waals surface area contributed by atoms with Crippen molar-refractivity contribution in [2.75, 3.05) is 11.4 Å². The van der Waals surface area contributed by atoms with Crippen molar-refractivity contribution in [2.24, 2.45) is 5.73 Å². The zero-order valence-electron chi connectivity index (χ0n) is 13.4. The molecule has 0 spiro atoms. The highest BCUT2D eigenvalue weighted by molar-refractivity contribution is 5.45. The molecule has 0 radical (unpaired) electrons. The lowest BCUT2D eigenvalue weighted by Crippen LogP contribution is -2.40. The average molecular weight is 275 g/mol. The van der Waals surface area contributed by atoms with E-state index in [1.54, 1.807) is 0 Å². The first kappa shape index (κ1) is 15.3. The SMILES string of the molecule is CCC1CCCCN1c1cc(CN)cc(C(C)(C)C)n1. The van der Waals surface area contributed by atoms with Crippen LogP contribution in [0.3, 0.4) is 0 Å². The van der Waals surface area contributed by atoms with Crippen LogP contribution in [-0.4, -0.2) is 17.6 Å². The topological polar surface area (TPSA) is 42.1 Å². The lowest BCUT2D eigenvalue weighted by molar-refractivity contribution is 0.445. The molecule has 112 valence electrons. The van der Waals surface area contributed by atoms with Gasteiger partial charge in [0.15, 0.2) is 0 Å². The Kier molecular flexibility index (Phi) is 4.69. The van der Waals surface area contributed by atoms with Gasteiger partial charge in [0, 0.05) is 30.2 Å². The maximum absolute atomic E-state index is 5.88. The van der Waals surface area contributed by atoms with E-state index in [2.05, 4.69) is 44.7 Å². The highest BCUT2D eigenvalue weighted by Gasteiger charge is 2.24. The van der Waals surface area contributed by atoms with E-state index in [0.717, 1.165) is 18.1 Å². The fourth-order valence-corrected chi connectivity index (χ4v) is 2.95. The maximum atomic E-state index is 5.88. The maximum Gasteiger partial charge on any atom is 0.129 e. The van der Waals surface area contributed by atoms with Crippen molar-refractivity contribution in [3.8, 4) is 0 Å². The van der Waals surface area contributed by atoms with E-state index in [0.29, 0.717) is 12.6 Å². The van der Waals surface area contributed by atoms with Crippen LogP contribution < -0.4 is 10.6 Å². The number of nitrogens with zero attached hydrogens (tertiary/aromatic N) is 2. The minimum Gasteiger partial charge on any atom is -0.354 e. The van der Waals surface area contributed by atoms with Crippen LogP contribution in [0, 0.1) is 0 Å². The molecular formula is C17H29N3. The van der Waals surface area contributed by atoms with Gasteiger partial charge in [0.25, 0.3) is 0 Å². The molecule has 0 saturated carbocycles. The van der Waals surface area contributed by atoms with Gasteiger partial charge in [-0.05, 0) is 43.4 Å². The van der Waals surface area contributed by atoms with Gasteiger partial charge in [-0.1, -0.05) is 27.7 Å². The van der Waals surface area contributed by atoms with E-state index in [1.165, 1.54) is 31.2 Å². The molecule has 1 aromatic heterocycles. The summed E-state index contributed by atoms with van der Waals surface area (Å²) in [4.78, 5) is 7.44. The lowest BCUT2D eigenvalue weighted by Gasteiger charge is -2.37. The van der Waals surface area contributed by atoms with Gasteiger partial charge in [-0.2, -0.15) is 0 Å². The fraction of sp³-hybridized carbons (Fsp3) is 0.706. The largest absolute Gasteiger partial charge is 0.354 e. The standard InChI is InChI=1S/C17H29N3/c1-5-14-8-6-7-9-20(14)16-11-13(12-18)10-15(19-16)17(2,3)4/h10-11,14H,5-9,12,18H2,1-4H3. The third kappa shape index (κ3) is 3.32. The summed E-state index contributed by atoms with van der Waals surface area (Å²) in [7, 11) is 0. The van der Waals surface area contributed by atoms with Crippen molar-refractivity contribution in [3.63, 3.8) is 0 Å². The Labute approximate surface area is 123 Å². The third-order valence-corrected chi connectivity index (χ3v) is 4.27. The predicted molar refractivity (Wildman–Crippen MR) is 86.1 cm³/mol. The van der Waals surface area contributed by atoms with Gasteiger partial charge in [-0.3, -0.25) is 0 Å². The zero-order chi connectivity index (χ0) is 14.8. The van der Waals surface area contributed by atoms with E-state index in [4.69, 9.17) is 10.7 Å². The van der Waals surface area contributed by atoms with Crippen molar-refractivity contribution in [1.29, 1.82) is 0 Å². The summed E-state index contributed by atoms with van der Waals surface area (Å²) in [6, 6.07) is 4.98. The molecule has 0 bridgehead atoms. The molecule has 1 fully saturated rings. The molecule has 2 heterocycles. The molecule has 1 unspecified atom stereocenters. The third-order valence-electron chi connectivity index (χ3n) is 4.27. The summed E-state index contributed by atoms with van der Waals surface area (Å²) in [5.74, 6) is 1.13. The number of aromatic nitrogens is 1. The van der Waals surface area contributed by atoms with E-state index >= 15 is 0 Å². The van der Waals surface area contributed by atoms with Crippen LogP contribution in [-0.2, 0) is 12.0 Å². The quantitative estimate of drug-likeness (QED) is 0.916. The Morgan fingerprint density at radius 1 is 1.30 bits per heavy atom. The van der Waals surface area contributed by atoms with Crippen molar-refractivity contribution < 1.29 is 0 Å². The molecule has 0 aliphatic carbocycles. The number of rotatable bonds is 3. The van der Waals surface area contributed by atoms with Gasteiger partial charge in [-0.15, -0.1) is 0 Å². The molecule has 2 rings (SSSR count). The fourth-order valence-electron chi connectivity index (χ4n) is 2.95. The van der Waals surface area contributed by atoms with Crippen LogP contribution in [0.15, 0.2) is 12.1 Å². The molecule has 2 N–H and O–H groups in total. The van der Waals surface area contributed by atoms with Gasteiger partial charge in [0.05, 0.1) is 0 Å². The van der Waals surface area contributed by atoms with E-state index < -0.39 is 0 Å². The van der Waals surface area contributed by atoms with Crippen LogP contribution in [0.25, 0.3) is 0 Å². The Bertz CT molecular complexity index is 448. The number of piperidine rings is 1. The lowest BCUT2D eigenvalue weighted by atomic mass is 9.90. The van der Waals surface area contributed by atoms with Crippen molar-refractivity contribution in [2.45, 2.75) is 71.4 Å². The second-order valence-electron chi connectivity index (χ2n) is 6.92. The second kappa shape index (κ2) is 6.13. The minimum absolute atomic E-state index is 0.0669. The number of hydrogen-bond donors (Lipinski definition) is 1. The van der Waals surface area contributed by atoms with Gasteiger partial charge in [0.2, 0.25) is 0 Å². The highest BCUT2D eigenvalue weighted by atomic mass is 15.2. The van der Waals surface area contributed by atoms with Gasteiger partial charge in [0.1, 0.15) is 5.82 Å². The first-order valence-corrected chi connectivity index (χ1v) is 7.94. The van der Waals surface area contributed by atoms with Crippen molar-refractivity contribution in [1.82, 2.24) is 4.98 Å². The van der Waals surface area contributed by atoms with E-state index in [-0.39, 0.29) is 5.41 Å². The molecule has 0 amide bonds. The Morgan fingerprint density at radius 3 is 2.65 bits per heavy atom. The highest BCUT2D eigenvalue weighted by Crippen LogP contribution is 2.29. The van der Waals surface area contributed by atoms with Crippen LogP contribution in [0.5, 0.6) is 0 Å². The Morgan fingerprint density at radius 2 is 2.05 bits per heavy atom. The van der Waals surface area contributed by atoms with Crippen molar-refractivity contribution >= 4 is 5.82 Å². The summed E-state index contributed by atoms with van der Waals surface area (Å²) >= 11 is 0. The first-order valence-electron chi connectivity index (χ1n) is 7.94. The first-order chi connectivity index (χ1) is 9.45. The molecule has 20 heavy (non-hydrogen) atoms. The van der Waals surface area contributed by atoms with Gasteiger partial charge in [-0.25, -0.2) is 4.98 Å². The molecule has 1 aromatic rings. The minimum atomic E-state index is 0.0669. The van der Waals surface area contributed by atoms with Crippen LogP contribution in [0.1, 0.15) is 64.6 Å². The van der Waals surface area contributed by atoms with Crippen LogP contribution in [0.4, 0.5) is 5.82 Å². The summed E-state index contributed by atoms with van der Waals surface area (Å²) in [6.45, 7) is 10.6. The van der Waals surface area contributed by atoms with Gasteiger partial charge >= 0.3 is 0 Å². The summed E-state index contributed by atoms with van der Waals surface area (Å²) < 4.78 is 0. The van der Waals surface area contributed by atoms with E-state index in [1.807, 2.05) is 0 Å². The number of hydrogen-bond acceptors (Lipinski definition) is 3. The molecule has 3 nitrogen and oxygen atoms in total. The van der Waals surface area contributed by atoms with E-state index in [9.17, 15) is 0 Å². The molecule has 1 saturated heterocycles. The zero-order valence-corrected chi connectivity index (χ0v) is 13.4. The number of anilines is 1. The summed E-state index contributed by atoms with van der Waals surface area (Å²) in [6.07, 6.45) is 5.10. The number of nitrogens with two attached hydrogens (primary N) is 1. The second-order valence-corrected chi connectivity index (χ2v) is 6.92. The number of pyridine rings is 1. The molecule has 3 heteroatoms. The monoisotopic (exact) mass is 275 g/mol. The molecule has 1 aliphatic heterocycles. The summed E-state index contributed by atoms with van der Waals surface area (Å²) in [5, 5.41) is 0. The van der Waals surface area contributed by atoms with Crippen LogP contribution in [0.2, 0.25) is 0 Å². The van der Waals surface area contributed by atoms with Gasteiger partial charge < -0.3 is 10.6 Å². The Balaban J connectivity index is 2.39. The molecule has 1 aliphatic rings. The van der Waals surface area contributed by atoms with Crippen molar-refractivity contribution in [3.05, 3.63) is 23.4 Å². The summed E-state index contributed by atoms with van der Waals surface area (Å²) in [5.41, 5.74) is 8.29. The van der Waals surface area contributed by atoms with Crippen LogP contribution >= 0.6 is 0 Å². The molecule has 0 aromatic carbocycles. The smallest absolute Gasteiger partial charge is 0.129 e. The average Bonchev–Trinajstić information content (AvgIpc) is 2.45.